The second-order valence-corrected chi connectivity index (χ2v) is 7.23. The van der Waals surface area contributed by atoms with Gasteiger partial charge in [0.05, 0.1) is 18.8 Å². The van der Waals surface area contributed by atoms with Crippen LogP contribution in [0.25, 0.3) is 0 Å². The fourth-order valence-electron chi connectivity index (χ4n) is 2.84. The monoisotopic (exact) mass is 388 g/mol. The van der Waals surface area contributed by atoms with Gasteiger partial charge < -0.3 is 34.3 Å². The Morgan fingerprint density at radius 1 is 1.00 bits per heavy atom. The van der Waals surface area contributed by atoms with E-state index in [1.165, 1.54) is 14.0 Å². The summed E-state index contributed by atoms with van der Waals surface area (Å²) >= 11 is 0. The normalized spacial score (nSPS) is 46.1. The van der Waals surface area contributed by atoms with Crippen molar-refractivity contribution in [1.29, 1.82) is 0 Å². The molecule has 2 rings (SSSR count). The molecule has 148 valence electrons. The summed E-state index contributed by atoms with van der Waals surface area (Å²) in [4.78, 5) is 0. The van der Waals surface area contributed by atoms with Crippen molar-refractivity contribution in [2.45, 2.75) is 63.1 Å². The molecule has 0 aromatic rings. The van der Waals surface area contributed by atoms with E-state index in [2.05, 4.69) is 4.18 Å². The van der Waals surface area contributed by atoms with Gasteiger partial charge in [-0.1, -0.05) is 6.92 Å². The van der Waals surface area contributed by atoms with E-state index < -0.39 is 59.6 Å². The number of aliphatic hydroxyl groups excluding tert-OH is 3. The third-order valence-corrected chi connectivity index (χ3v) is 4.71. The van der Waals surface area contributed by atoms with Gasteiger partial charge in [0, 0.05) is 13.0 Å². The summed E-state index contributed by atoms with van der Waals surface area (Å²) in [6.45, 7) is 3.27. The van der Waals surface area contributed by atoms with Gasteiger partial charge in [0.2, 0.25) is 0 Å². The molecule has 2 unspecified atom stereocenters. The van der Waals surface area contributed by atoms with E-state index in [0.717, 1.165) is 0 Å². The Morgan fingerprint density at radius 2 is 1.64 bits per heavy atom. The number of hydrogen-bond acceptors (Lipinski definition) is 10. The van der Waals surface area contributed by atoms with Crippen LogP contribution in [0.1, 0.15) is 13.8 Å². The Bertz CT molecular complexity index is 540. The van der Waals surface area contributed by atoms with Crippen molar-refractivity contribution in [3.63, 3.8) is 0 Å². The highest BCUT2D eigenvalue weighted by molar-refractivity contribution is 7.80. The molecule has 0 aliphatic carbocycles. The SMILES string of the molecule is COC1OC(C)[C@H](O[C@@H]2OC[C@@H](C)[C@H](O)[C@H]2O)[C@@H](OS(=O)(=O)O)[C@@H]1O. The Labute approximate surface area is 145 Å². The summed E-state index contributed by atoms with van der Waals surface area (Å²) < 4.78 is 56.8. The first kappa shape index (κ1) is 20.9. The van der Waals surface area contributed by atoms with Gasteiger partial charge in [-0.2, -0.15) is 8.42 Å². The lowest BCUT2D eigenvalue weighted by Crippen LogP contribution is -2.62. The summed E-state index contributed by atoms with van der Waals surface area (Å²) in [5.41, 5.74) is 0. The molecular formula is C13H24O11S. The van der Waals surface area contributed by atoms with Crippen molar-refractivity contribution < 1.29 is 51.4 Å². The largest absolute Gasteiger partial charge is 0.397 e. The highest BCUT2D eigenvalue weighted by Gasteiger charge is 2.50. The summed E-state index contributed by atoms with van der Waals surface area (Å²) in [6, 6.07) is 0. The summed E-state index contributed by atoms with van der Waals surface area (Å²) in [5, 5.41) is 30.2. The molecule has 12 heteroatoms. The first-order valence-electron chi connectivity index (χ1n) is 7.70. The van der Waals surface area contributed by atoms with E-state index in [9.17, 15) is 23.7 Å². The van der Waals surface area contributed by atoms with Gasteiger partial charge in [-0.25, -0.2) is 4.18 Å². The standard InChI is InChI=1S/C13H24O11S/c1-5-4-21-13(8(15)7(5)14)23-10-6(2)22-12(20-3)9(16)11(10)24-25(17,18)19/h5-16H,4H2,1-3H3,(H,17,18,19)/t5-,6?,7+,8-,9+,10+,11+,12?,13+/m1/s1. The third kappa shape index (κ3) is 4.86. The van der Waals surface area contributed by atoms with E-state index in [4.69, 9.17) is 23.5 Å². The fourth-order valence-corrected chi connectivity index (χ4v) is 3.34. The first-order chi connectivity index (χ1) is 11.5. The van der Waals surface area contributed by atoms with Gasteiger partial charge in [0.1, 0.15) is 24.4 Å². The molecule has 0 bridgehead atoms. The van der Waals surface area contributed by atoms with Gasteiger partial charge in [-0.15, -0.1) is 0 Å². The highest BCUT2D eigenvalue weighted by atomic mass is 32.3. The number of ether oxygens (including phenoxy) is 4. The molecule has 2 saturated heterocycles. The molecule has 0 aromatic heterocycles. The van der Waals surface area contributed by atoms with Crippen molar-refractivity contribution in [2.24, 2.45) is 5.92 Å². The maximum atomic E-state index is 11.1. The fraction of sp³-hybridized carbons (Fsp3) is 1.00. The predicted octanol–water partition coefficient (Wildman–Crippen LogP) is -1.97. The molecular weight excluding hydrogens is 364 g/mol. The molecule has 2 heterocycles. The van der Waals surface area contributed by atoms with Crippen LogP contribution < -0.4 is 0 Å². The molecule has 4 N–H and O–H groups in total. The summed E-state index contributed by atoms with van der Waals surface area (Å²) in [6.07, 6.45) is -10.3. The quantitative estimate of drug-likeness (QED) is 0.386. The Hall–Kier alpha value is -0.410. The zero-order chi connectivity index (χ0) is 18.9. The third-order valence-electron chi connectivity index (χ3n) is 4.24. The van der Waals surface area contributed by atoms with Gasteiger partial charge in [0.15, 0.2) is 12.6 Å². The van der Waals surface area contributed by atoms with Crippen LogP contribution in [0.4, 0.5) is 0 Å². The van der Waals surface area contributed by atoms with Crippen LogP contribution in [0, 0.1) is 5.92 Å². The Morgan fingerprint density at radius 3 is 2.20 bits per heavy atom. The van der Waals surface area contributed by atoms with Crippen molar-refractivity contribution in [3.05, 3.63) is 0 Å². The summed E-state index contributed by atoms with van der Waals surface area (Å²) in [5.74, 6) is -0.330. The lowest BCUT2D eigenvalue weighted by atomic mass is 9.96. The minimum absolute atomic E-state index is 0.0952. The molecule has 2 aliphatic heterocycles. The molecule has 2 aliphatic rings. The second-order valence-electron chi connectivity index (χ2n) is 6.19. The van der Waals surface area contributed by atoms with Crippen molar-refractivity contribution in [3.8, 4) is 0 Å². The molecule has 0 spiro atoms. The van der Waals surface area contributed by atoms with E-state index in [-0.39, 0.29) is 12.5 Å². The molecule has 0 saturated carbocycles. The van der Waals surface area contributed by atoms with E-state index in [1.54, 1.807) is 6.92 Å². The van der Waals surface area contributed by atoms with Crippen LogP contribution in [0.3, 0.4) is 0 Å². The molecule has 0 radical (unpaired) electrons. The van der Waals surface area contributed by atoms with Crippen LogP contribution in [-0.2, 0) is 33.5 Å². The van der Waals surface area contributed by atoms with Crippen LogP contribution in [-0.4, -0.2) is 91.2 Å². The van der Waals surface area contributed by atoms with Gasteiger partial charge >= 0.3 is 10.4 Å². The molecule has 2 fully saturated rings. The summed E-state index contributed by atoms with van der Waals surface area (Å²) in [7, 11) is -3.69. The van der Waals surface area contributed by atoms with Crippen molar-refractivity contribution in [1.82, 2.24) is 0 Å². The molecule has 0 amide bonds. The number of aliphatic hydroxyl groups is 3. The second kappa shape index (κ2) is 8.08. The van der Waals surface area contributed by atoms with E-state index >= 15 is 0 Å². The maximum Gasteiger partial charge on any atom is 0.397 e. The Kier molecular flexibility index (Phi) is 6.76. The maximum absolute atomic E-state index is 11.1. The zero-order valence-corrected chi connectivity index (χ0v) is 14.8. The van der Waals surface area contributed by atoms with Crippen molar-refractivity contribution in [2.75, 3.05) is 13.7 Å². The average Bonchev–Trinajstić information content (AvgIpc) is 2.52. The average molecular weight is 388 g/mol. The first-order valence-corrected chi connectivity index (χ1v) is 9.07. The van der Waals surface area contributed by atoms with Gasteiger partial charge in [-0.3, -0.25) is 4.55 Å². The van der Waals surface area contributed by atoms with Crippen LogP contribution in [0.2, 0.25) is 0 Å². The van der Waals surface area contributed by atoms with E-state index in [0.29, 0.717) is 0 Å². The molecule has 9 atom stereocenters. The highest BCUT2D eigenvalue weighted by Crippen LogP contribution is 2.30. The van der Waals surface area contributed by atoms with E-state index in [1.807, 2.05) is 0 Å². The number of rotatable bonds is 5. The number of methoxy groups -OCH3 is 1. The van der Waals surface area contributed by atoms with Crippen LogP contribution >= 0.6 is 0 Å². The lowest BCUT2D eigenvalue weighted by molar-refractivity contribution is -0.334. The lowest BCUT2D eigenvalue weighted by Gasteiger charge is -2.44. The Balaban J connectivity index is 2.19. The molecule has 0 aromatic carbocycles. The van der Waals surface area contributed by atoms with Gasteiger partial charge in [0.25, 0.3) is 0 Å². The predicted molar refractivity (Wildman–Crippen MR) is 79.6 cm³/mol. The van der Waals surface area contributed by atoms with Crippen LogP contribution in [0.15, 0.2) is 0 Å². The minimum Gasteiger partial charge on any atom is -0.390 e. The molecule has 25 heavy (non-hydrogen) atoms. The van der Waals surface area contributed by atoms with Crippen LogP contribution in [0.5, 0.6) is 0 Å². The van der Waals surface area contributed by atoms with Crippen molar-refractivity contribution >= 4 is 10.4 Å². The number of hydrogen-bond donors (Lipinski definition) is 4. The zero-order valence-electron chi connectivity index (χ0n) is 14.0. The smallest absolute Gasteiger partial charge is 0.390 e. The minimum atomic E-state index is -4.92. The van der Waals surface area contributed by atoms with Gasteiger partial charge in [-0.05, 0) is 6.92 Å². The molecule has 11 nitrogen and oxygen atoms in total. The topological polar surface area (TPSA) is 161 Å².